The van der Waals surface area contributed by atoms with Crippen molar-refractivity contribution >= 4 is 43.5 Å². The normalized spacial score (nSPS) is 9.72. The van der Waals surface area contributed by atoms with E-state index >= 15 is 0 Å². The molecule has 0 aliphatic heterocycles. The molecule has 0 fully saturated rings. The molecule has 0 nitrogen and oxygen atoms in total. The highest BCUT2D eigenvalue weighted by Gasteiger charge is 1.94. The lowest BCUT2D eigenvalue weighted by Crippen LogP contribution is -1.76. The lowest BCUT2D eigenvalue weighted by atomic mass is 10.1. The molecule has 0 N–H and O–H groups in total. The summed E-state index contributed by atoms with van der Waals surface area (Å²) in [6.07, 6.45) is 2.00. The zero-order valence-electron chi connectivity index (χ0n) is 9.95. The number of allylic oxidation sites excluding steroid dienone is 1. The van der Waals surface area contributed by atoms with Gasteiger partial charge in [0, 0.05) is 8.95 Å². The monoisotopic (exact) mass is 362 g/mol. The molecule has 18 heavy (non-hydrogen) atoms. The van der Waals surface area contributed by atoms with Gasteiger partial charge < -0.3 is 0 Å². The largest absolute Gasteiger partial charge is 0.116 e. The maximum Gasteiger partial charge on any atom is 0.0175 e. The van der Waals surface area contributed by atoms with Crippen molar-refractivity contribution in [3.05, 3.63) is 74.3 Å². The van der Waals surface area contributed by atoms with Crippen LogP contribution in [0.25, 0.3) is 11.6 Å². The van der Waals surface area contributed by atoms with Gasteiger partial charge in [-0.05, 0) is 54.0 Å². The minimum absolute atomic E-state index is 1.09. The van der Waals surface area contributed by atoms with E-state index in [0.717, 1.165) is 20.1 Å². The molecule has 0 aliphatic rings. The zero-order chi connectivity index (χ0) is 13.0. The Morgan fingerprint density at radius 2 is 1.39 bits per heavy atom. The summed E-state index contributed by atoms with van der Waals surface area (Å²) in [5.41, 5.74) is 6.78. The third kappa shape index (κ3) is 3.71. The Morgan fingerprint density at radius 1 is 0.889 bits per heavy atom. The molecule has 2 aromatic carbocycles. The number of hydrogen-bond donors (Lipinski definition) is 0. The number of rotatable bonds is 2. The Bertz CT molecular complexity index is 586. The molecule has 2 aromatic rings. The van der Waals surface area contributed by atoms with E-state index in [1.54, 1.807) is 0 Å². The highest BCUT2D eigenvalue weighted by molar-refractivity contribution is 9.10. The third-order valence-corrected chi connectivity index (χ3v) is 3.66. The minimum Gasteiger partial charge on any atom is -0.116 e. The summed E-state index contributed by atoms with van der Waals surface area (Å²) < 4.78 is 2.18. The Morgan fingerprint density at radius 3 is 1.94 bits per heavy atom. The van der Waals surface area contributed by atoms with Gasteiger partial charge in [-0.15, -0.1) is 5.73 Å². The van der Waals surface area contributed by atoms with Crippen molar-refractivity contribution in [2.75, 3.05) is 0 Å². The van der Waals surface area contributed by atoms with Crippen LogP contribution in [-0.2, 0) is 0 Å². The number of hydrogen-bond acceptors (Lipinski definition) is 0. The average Bonchev–Trinajstić information content (AvgIpc) is 2.38. The second-order valence-corrected chi connectivity index (χ2v) is 5.80. The quantitative estimate of drug-likeness (QED) is 0.580. The molecule has 0 aliphatic carbocycles. The van der Waals surface area contributed by atoms with Crippen LogP contribution in [0.1, 0.15) is 18.1 Å². The predicted octanol–water partition coefficient (Wildman–Crippen LogP) is 5.93. The Kier molecular flexibility index (Phi) is 4.60. The summed E-state index contributed by atoms with van der Waals surface area (Å²) in [5, 5.41) is 0. The van der Waals surface area contributed by atoms with E-state index in [1.165, 1.54) is 5.56 Å². The molecule has 2 heteroatoms. The fourth-order valence-corrected chi connectivity index (χ4v) is 2.06. The first-order valence-electron chi connectivity index (χ1n) is 5.60. The van der Waals surface area contributed by atoms with Crippen molar-refractivity contribution in [2.24, 2.45) is 0 Å². The van der Waals surface area contributed by atoms with Gasteiger partial charge in [-0.2, -0.15) is 0 Å². The average molecular weight is 364 g/mol. The zero-order valence-corrected chi connectivity index (χ0v) is 13.1. The highest BCUT2D eigenvalue weighted by atomic mass is 79.9. The SMILES string of the molecule is CC(=C=Cc1ccc(Br)cc1)c1ccc(Br)cc1. The maximum atomic E-state index is 3.44. The van der Waals surface area contributed by atoms with Crippen LogP contribution in [0.15, 0.2) is 63.2 Å². The van der Waals surface area contributed by atoms with Gasteiger partial charge in [0.05, 0.1) is 0 Å². The van der Waals surface area contributed by atoms with Crippen LogP contribution >= 0.6 is 31.9 Å². The second kappa shape index (κ2) is 6.19. The molecular formula is C16H12Br2. The molecule has 0 spiro atoms. The Balaban J connectivity index is 2.27. The fourth-order valence-electron chi connectivity index (χ4n) is 1.53. The van der Waals surface area contributed by atoms with Crippen LogP contribution in [0.3, 0.4) is 0 Å². The Labute approximate surface area is 124 Å². The summed E-state index contributed by atoms with van der Waals surface area (Å²) >= 11 is 6.86. The summed E-state index contributed by atoms with van der Waals surface area (Å²) in [4.78, 5) is 0. The van der Waals surface area contributed by atoms with E-state index in [-0.39, 0.29) is 0 Å². The highest BCUT2D eigenvalue weighted by Crippen LogP contribution is 2.17. The molecule has 2 rings (SSSR count). The van der Waals surface area contributed by atoms with E-state index < -0.39 is 0 Å². The maximum absolute atomic E-state index is 3.44. The van der Waals surface area contributed by atoms with Crippen molar-refractivity contribution < 1.29 is 0 Å². The third-order valence-electron chi connectivity index (χ3n) is 2.60. The van der Waals surface area contributed by atoms with E-state index in [2.05, 4.69) is 68.8 Å². The summed E-state index contributed by atoms with van der Waals surface area (Å²) in [5.74, 6) is 0. The van der Waals surface area contributed by atoms with Crippen LogP contribution < -0.4 is 0 Å². The van der Waals surface area contributed by atoms with Crippen molar-refractivity contribution in [2.45, 2.75) is 6.92 Å². The lowest BCUT2D eigenvalue weighted by molar-refractivity contribution is 1.55. The van der Waals surface area contributed by atoms with Gasteiger partial charge in [0.15, 0.2) is 0 Å². The fraction of sp³-hybridized carbons (Fsp3) is 0.0625. The van der Waals surface area contributed by atoms with Gasteiger partial charge in [-0.1, -0.05) is 56.1 Å². The van der Waals surface area contributed by atoms with E-state index in [1.807, 2.05) is 30.3 Å². The number of halogens is 2. The summed E-state index contributed by atoms with van der Waals surface area (Å²) in [7, 11) is 0. The predicted molar refractivity (Wildman–Crippen MR) is 85.3 cm³/mol. The molecular weight excluding hydrogens is 352 g/mol. The van der Waals surface area contributed by atoms with Crippen LogP contribution in [0.4, 0.5) is 0 Å². The molecule has 0 heterocycles. The molecule has 0 radical (unpaired) electrons. The Hall–Kier alpha value is -1.08. The van der Waals surface area contributed by atoms with Crippen LogP contribution in [0, 0.1) is 0 Å². The molecule has 90 valence electrons. The first kappa shape index (κ1) is 13.4. The lowest BCUT2D eigenvalue weighted by Gasteiger charge is -1.98. The van der Waals surface area contributed by atoms with Crippen molar-refractivity contribution in [3.8, 4) is 0 Å². The van der Waals surface area contributed by atoms with E-state index in [4.69, 9.17) is 0 Å². The first-order valence-corrected chi connectivity index (χ1v) is 7.18. The molecule has 0 bridgehead atoms. The minimum atomic E-state index is 1.09. The molecule has 0 atom stereocenters. The molecule has 0 saturated heterocycles. The van der Waals surface area contributed by atoms with Gasteiger partial charge in [-0.25, -0.2) is 0 Å². The number of benzene rings is 2. The van der Waals surface area contributed by atoms with Gasteiger partial charge in [-0.3, -0.25) is 0 Å². The van der Waals surface area contributed by atoms with Gasteiger partial charge in [0.25, 0.3) is 0 Å². The van der Waals surface area contributed by atoms with Gasteiger partial charge in [0.2, 0.25) is 0 Å². The summed E-state index contributed by atoms with van der Waals surface area (Å²) in [6, 6.07) is 16.4. The molecule has 0 saturated carbocycles. The molecule has 0 aromatic heterocycles. The van der Waals surface area contributed by atoms with Crippen molar-refractivity contribution in [1.82, 2.24) is 0 Å². The van der Waals surface area contributed by atoms with Crippen molar-refractivity contribution in [3.63, 3.8) is 0 Å². The summed E-state index contributed by atoms with van der Waals surface area (Å²) in [6.45, 7) is 2.07. The van der Waals surface area contributed by atoms with Gasteiger partial charge >= 0.3 is 0 Å². The smallest absolute Gasteiger partial charge is 0.0175 e. The van der Waals surface area contributed by atoms with E-state index in [9.17, 15) is 0 Å². The second-order valence-electron chi connectivity index (χ2n) is 3.97. The topological polar surface area (TPSA) is 0 Å². The van der Waals surface area contributed by atoms with Crippen molar-refractivity contribution in [1.29, 1.82) is 0 Å². The van der Waals surface area contributed by atoms with Gasteiger partial charge in [0.1, 0.15) is 0 Å². The van der Waals surface area contributed by atoms with Crippen LogP contribution in [0.5, 0.6) is 0 Å². The van der Waals surface area contributed by atoms with E-state index in [0.29, 0.717) is 0 Å². The van der Waals surface area contributed by atoms with Crippen LogP contribution in [-0.4, -0.2) is 0 Å². The molecule has 0 amide bonds. The standard InChI is InChI=1S/C16H12Br2/c1-12(14-6-10-16(18)11-7-14)2-3-13-4-8-15(17)9-5-13/h3-11H,1H3. The first-order chi connectivity index (χ1) is 8.65. The van der Waals surface area contributed by atoms with Crippen LogP contribution in [0.2, 0.25) is 0 Å². The molecule has 0 unspecified atom stereocenters.